The number of nitrogens with zero attached hydrogens (tertiary/aromatic N) is 2. The van der Waals surface area contributed by atoms with Gasteiger partial charge in [-0.05, 0) is 69.6 Å². The van der Waals surface area contributed by atoms with E-state index in [1.807, 2.05) is 11.5 Å². The number of aryl methyl sites for hydroxylation is 1. The highest BCUT2D eigenvalue weighted by Crippen LogP contribution is 2.25. The molecule has 1 aliphatic heterocycles. The lowest BCUT2D eigenvalue weighted by atomic mass is 9.87. The third kappa shape index (κ3) is 5.01. The third-order valence-corrected chi connectivity index (χ3v) is 9.09. The first-order chi connectivity index (χ1) is 15.8. The number of nitrogens with one attached hydrogen (secondary N) is 1. The fourth-order valence-corrected chi connectivity index (χ4v) is 6.60. The maximum atomic E-state index is 13.4. The molecule has 2 aliphatic rings. The summed E-state index contributed by atoms with van der Waals surface area (Å²) in [5.74, 6) is 0.296. The average molecular weight is 474 g/mol. The molecule has 1 aromatic heterocycles. The van der Waals surface area contributed by atoms with Crippen molar-refractivity contribution in [2.75, 3.05) is 13.1 Å². The predicted octanol–water partition coefficient (Wildman–Crippen LogP) is 3.89. The summed E-state index contributed by atoms with van der Waals surface area (Å²) < 4.78 is 30.0. The number of pyridine rings is 1. The molecule has 1 aliphatic carbocycles. The number of hydrogen-bond donors (Lipinski definition) is 1. The normalized spacial score (nSPS) is 22.7. The third-order valence-electron chi connectivity index (χ3n) is 7.19. The van der Waals surface area contributed by atoms with Crippen LogP contribution in [-0.2, 0) is 16.6 Å². The standard InChI is InChI=1S/C25H35N3O4S/c1-3-27-17-22(25(30)26-19-10-8-18(2)9-11-19)24(29)21-16-20(12-13-23(21)27)33(31,32)28-14-6-4-5-7-15-28/h12-13,16-19H,3-11,14-15H2,1-2H3,(H,26,30). The summed E-state index contributed by atoms with van der Waals surface area (Å²) in [4.78, 5) is 26.5. The van der Waals surface area contributed by atoms with Gasteiger partial charge in [0.1, 0.15) is 5.56 Å². The maximum absolute atomic E-state index is 13.4. The van der Waals surface area contributed by atoms with Crippen LogP contribution in [0.5, 0.6) is 0 Å². The molecule has 180 valence electrons. The fraction of sp³-hybridized carbons (Fsp3) is 0.600. The Hall–Kier alpha value is -2.19. The number of benzene rings is 1. The molecular weight excluding hydrogens is 438 g/mol. The monoisotopic (exact) mass is 473 g/mol. The van der Waals surface area contributed by atoms with Crippen LogP contribution in [0.4, 0.5) is 0 Å². The van der Waals surface area contributed by atoms with Crippen LogP contribution in [0.2, 0.25) is 0 Å². The summed E-state index contributed by atoms with van der Waals surface area (Å²) in [5, 5.41) is 3.31. The van der Waals surface area contributed by atoms with E-state index >= 15 is 0 Å². The topological polar surface area (TPSA) is 88.5 Å². The Bertz CT molecular complexity index is 1170. The second-order valence-electron chi connectivity index (χ2n) is 9.59. The van der Waals surface area contributed by atoms with E-state index < -0.39 is 15.5 Å². The number of aromatic nitrogens is 1. The van der Waals surface area contributed by atoms with Crippen molar-refractivity contribution >= 4 is 26.8 Å². The molecule has 4 rings (SSSR count). The van der Waals surface area contributed by atoms with E-state index in [9.17, 15) is 18.0 Å². The van der Waals surface area contributed by atoms with Crippen molar-refractivity contribution < 1.29 is 13.2 Å². The Kier molecular flexibility index (Phi) is 7.24. The Morgan fingerprint density at radius 3 is 2.36 bits per heavy atom. The molecule has 1 aromatic carbocycles. The van der Waals surface area contributed by atoms with Crippen molar-refractivity contribution in [2.45, 2.75) is 82.7 Å². The molecule has 33 heavy (non-hydrogen) atoms. The summed E-state index contributed by atoms with van der Waals surface area (Å²) in [6.45, 7) is 5.73. The Morgan fingerprint density at radius 1 is 1.06 bits per heavy atom. The van der Waals surface area contributed by atoms with Crippen molar-refractivity contribution in [1.29, 1.82) is 0 Å². The zero-order valence-corrected chi connectivity index (χ0v) is 20.5. The van der Waals surface area contributed by atoms with Gasteiger partial charge in [0.15, 0.2) is 0 Å². The number of hydrogen-bond acceptors (Lipinski definition) is 4. The van der Waals surface area contributed by atoms with Crippen LogP contribution >= 0.6 is 0 Å². The van der Waals surface area contributed by atoms with E-state index in [2.05, 4.69) is 12.2 Å². The summed E-state index contributed by atoms with van der Waals surface area (Å²) in [7, 11) is -3.69. The smallest absolute Gasteiger partial charge is 0.256 e. The molecule has 1 amide bonds. The molecule has 0 radical (unpaired) electrons. The molecule has 0 atom stereocenters. The van der Waals surface area contributed by atoms with Crippen LogP contribution in [0.3, 0.4) is 0 Å². The van der Waals surface area contributed by atoms with Gasteiger partial charge in [-0.1, -0.05) is 19.8 Å². The SMILES string of the molecule is CCn1cc(C(=O)NC2CCC(C)CC2)c(=O)c2cc(S(=O)(=O)N3CCCCCC3)ccc21. The van der Waals surface area contributed by atoms with Gasteiger partial charge in [-0.15, -0.1) is 0 Å². The molecule has 7 nitrogen and oxygen atoms in total. The quantitative estimate of drug-likeness (QED) is 0.713. The molecule has 2 heterocycles. The lowest BCUT2D eigenvalue weighted by molar-refractivity contribution is 0.0921. The van der Waals surface area contributed by atoms with Gasteiger partial charge >= 0.3 is 0 Å². The largest absolute Gasteiger partial charge is 0.349 e. The van der Waals surface area contributed by atoms with Crippen LogP contribution in [0.25, 0.3) is 10.9 Å². The van der Waals surface area contributed by atoms with Gasteiger partial charge in [0.25, 0.3) is 5.91 Å². The summed E-state index contributed by atoms with van der Waals surface area (Å²) in [6, 6.07) is 4.81. The molecule has 1 saturated carbocycles. The molecule has 8 heteroatoms. The van der Waals surface area contributed by atoms with Crippen LogP contribution in [-0.4, -0.2) is 42.3 Å². The first-order valence-electron chi connectivity index (χ1n) is 12.3. The molecule has 2 aromatic rings. The predicted molar refractivity (Wildman–Crippen MR) is 130 cm³/mol. The minimum atomic E-state index is -3.69. The molecule has 1 saturated heterocycles. The van der Waals surface area contributed by atoms with Gasteiger partial charge in [-0.3, -0.25) is 9.59 Å². The van der Waals surface area contributed by atoms with Gasteiger partial charge in [0.2, 0.25) is 15.5 Å². The van der Waals surface area contributed by atoms with E-state index in [-0.39, 0.29) is 27.8 Å². The lowest BCUT2D eigenvalue weighted by Gasteiger charge is -2.27. The molecular formula is C25H35N3O4S. The highest BCUT2D eigenvalue weighted by atomic mass is 32.2. The average Bonchev–Trinajstić information content (AvgIpc) is 3.11. The van der Waals surface area contributed by atoms with Crippen LogP contribution < -0.4 is 10.7 Å². The van der Waals surface area contributed by atoms with Gasteiger partial charge in [-0.2, -0.15) is 4.31 Å². The Balaban J connectivity index is 1.70. The highest BCUT2D eigenvalue weighted by Gasteiger charge is 2.27. The van der Waals surface area contributed by atoms with Crippen molar-refractivity contribution in [2.24, 2.45) is 5.92 Å². The van der Waals surface area contributed by atoms with Gasteiger partial charge < -0.3 is 9.88 Å². The minimum absolute atomic E-state index is 0.0762. The number of rotatable bonds is 5. The van der Waals surface area contributed by atoms with Gasteiger partial charge in [0.05, 0.1) is 10.4 Å². The first kappa shape index (κ1) is 24.0. The van der Waals surface area contributed by atoms with Crippen molar-refractivity contribution in [3.63, 3.8) is 0 Å². The molecule has 1 N–H and O–H groups in total. The van der Waals surface area contributed by atoms with Crippen molar-refractivity contribution in [1.82, 2.24) is 14.2 Å². The number of fused-ring (bicyclic) bond motifs is 1. The number of amides is 1. The van der Waals surface area contributed by atoms with Crippen molar-refractivity contribution in [3.05, 3.63) is 40.2 Å². The van der Waals surface area contributed by atoms with E-state index in [1.54, 1.807) is 18.3 Å². The number of carbonyl (C=O) groups excluding carboxylic acids is 1. The second kappa shape index (κ2) is 9.97. The maximum Gasteiger partial charge on any atom is 0.256 e. The lowest BCUT2D eigenvalue weighted by Crippen LogP contribution is -2.39. The second-order valence-corrected chi connectivity index (χ2v) is 11.5. The molecule has 0 unspecified atom stereocenters. The Morgan fingerprint density at radius 2 is 1.73 bits per heavy atom. The van der Waals surface area contributed by atoms with Crippen LogP contribution in [0, 0.1) is 5.92 Å². The number of sulfonamides is 1. The van der Waals surface area contributed by atoms with E-state index in [0.29, 0.717) is 31.1 Å². The fourth-order valence-electron chi connectivity index (χ4n) is 5.06. The van der Waals surface area contributed by atoms with Crippen molar-refractivity contribution in [3.8, 4) is 0 Å². The van der Waals surface area contributed by atoms with E-state index in [1.165, 1.54) is 10.4 Å². The highest BCUT2D eigenvalue weighted by molar-refractivity contribution is 7.89. The van der Waals surface area contributed by atoms with E-state index in [0.717, 1.165) is 51.4 Å². The zero-order chi connectivity index (χ0) is 23.6. The minimum Gasteiger partial charge on any atom is -0.349 e. The summed E-state index contributed by atoms with van der Waals surface area (Å²) in [5.41, 5.74) is 0.303. The van der Waals surface area contributed by atoms with E-state index in [4.69, 9.17) is 0 Å². The summed E-state index contributed by atoms with van der Waals surface area (Å²) >= 11 is 0. The zero-order valence-electron chi connectivity index (χ0n) is 19.7. The molecule has 0 spiro atoms. The first-order valence-corrected chi connectivity index (χ1v) is 13.7. The van der Waals surface area contributed by atoms with Gasteiger partial charge in [-0.25, -0.2) is 8.42 Å². The van der Waals surface area contributed by atoms with Crippen LogP contribution in [0.15, 0.2) is 34.1 Å². The number of carbonyl (C=O) groups is 1. The Labute approximate surface area is 196 Å². The summed E-state index contributed by atoms with van der Waals surface area (Å²) in [6.07, 6.45) is 9.33. The van der Waals surface area contributed by atoms with Gasteiger partial charge in [0, 0.05) is 37.3 Å². The molecule has 0 bridgehead atoms. The van der Waals surface area contributed by atoms with Crippen LogP contribution in [0.1, 0.15) is 75.6 Å². The molecule has 2 fully saturated rings.